The van der Waals surface area contributed by atoms with Crippen molar-refractivity contribution in [2.45, 2.75) is 33.6 Å². The molecule has 0 saturated heterocycles. The SMILES string of the molecule is CCCOc1ccc(C(=O)N(CC)CCC(=O)O)cc1OCC. The molecule has 0 fully saturated rings. The third-order valence-corrected chi connectivity index (χ3v) is 3.22. The standard InChI is InChI=1S/C17H25NO5/c1-4-11-23-14-8-7-13(12-15(14)22-6-3)17(21)18(5-2)10-9-16(19)20/h7-8,12H,4-6,9-11H2,1-3H3,(H,19,20). The molecular weight excluding hydrogens is 298 g/mol. The van der Waals surface area contributed by atoms with Crippen molar-refractivity contribution < 1.29 is 24.2 Å². The quantitative estimate of drug-likeness (QED) is 0.716. The number of carbonyl (C=O) groups is 2. The molecule has 0 bridgehead atoms. The molecular formula is C17H25NO5. The summed E-state index contributed by atoms with van der Waals surface area (Å²) in [5.74, 6) is 0.00577. The third-order valence-electron chi connectivity index (χ3n) is 3.22. The first-order valence-corrected chi connectivity index (χ1v) is 7.94. The highest BCUT2D eigenvalue weighted by Gasteiger charge is 2.17. The van der Waals surface area contributed by atoms with Crippen molar-refractivity contribution in [3.8, 4) is 11.5 Å². The summed E-state index contributed by atoms with van der Waals surface area (Å²) in [5.41, 5.74) is 0.463. The smallest absolute Gasteiger partial charge is 0.305 e. The van der Waals surface area contributed by atoms with Crippen molar-refractivity contribution in [1.29, 1.82) is 0 Å². The van der Waals surface area contributed by atoms with Crippen molar-refractivity contribution >= 4 is 11.9 Å². The number of carbonyl (C=O) groups excluding carboxylic acids is 1. The molecule has 23 heavy (non-hydrogen) atoms. The van der Waals surface area contributed by atoms with Gasteiger partial charge >= 0.3 is 5.97 Å². The number of hydrogen-bond acceptors (Lipinski definition) is 4. The average Bonchev–Trinajstić information content (AvgIpc) is 2.54. The molecule has 1 aromatic carbocycles. The largest absolute Gasteiger partial charge is 0.490 e. The van der Waals surface area contributed by atoms with E-state index in [0.29, 0.717) is 36.8 Å². The lowest BCUT2D eigenvalue weighted by atomic mass is 10.1. The Morgan fingerprint density at radius 1 is 1.13 bits per heavy atom. The summed E-state index contributed by atoms with van der Waals surface area (Å²) in [7, 11) is 0. The highest BCUT2D eigenvalue weighted by molar-refractivity contribution is 5.95. The van der Waals surface area contributed by atoms with Crippen LogP contribution >= 0.6 is 0 Å². The molecule has 1 rings (SSSR count). The Hall–Kier alpha value is -2.24. The molecule has 1 aromatic rings. The molecule has 1 N–H and O–H groups in total. The van der Waals surface area contributed by atoms with E-state index in [0.717, 1.165) is 6.42 Å². The fourth-order valence-electron chi connectivity index (χ4n) is 2.06. The molecule has 6 nitrogen and oxygen atoms in total. The summed E-state index contributed by atoms with van der Waals surface area (Å²) < 4.78 is 11.2. The van der Waals surface area contributed by atoms with E-state index in [-0.39, 0.29) is 18.9 Å². The van der Waals surface area contributed by atoms with Gasteiger partial charge in [-0.25, -0.2) is 0 Å². The van der Waals surface area contributed by atoms with Crippen molar-refractivity contribution in [2.24, 2.45) is 0 Å². The Kier molecular flexibility index (Phi) is 7.94. The number of aliphatic carboxylic acids is 1. The van der Waals surface area contributed by atoms with Gasteiger partial charge in [-0.2, -0.15) is 0 Å². The summed E-state index contributed by atoms with van der Waals surface area (Å²) in [5, 5.41) is 8.77. The summed E-state index contributed by atoms with van der Waals surface area (Å²) in [4.78, 5) is 24.7. The first-order chi connectivity index (χ1) is 11.0. The van der Waals surface area contributed by atoms with Crippen molar-refractivity contribution in [1.82, 2.24) is 4.90 Å². The molecule has 0 radical (unpaired) electrons. The van der Waals surface area contributed by atoms with Gasteiger partial charge in [0.25, 0.3) is 5.91 Å². The van der Waals surface area contributed by atoms with E-state index >= 15 is 0 Å². The molecule has 0 aliphatic rings. The van der Waals surface area contributed by atoms with Crippen LogP contribution in [0.1, 0.15) is 44.0 Å². The van der Waals surface area contributed by atoms with Gasteiger partial charge in [0.2, 0.25) is 0 Å². The van der Waals surface area contributed by atoms with Crippen LogP contribution < -0.4 is 9.47 Å². The molecule has 0 saturated carbocycles. The molecule has 0 heterocycles. The van der Waals surface area contributed by atoms with Gasteiger partial charge in [0.1, 0.15) is 0 Å². The van der Waals surface area contributed by atoms with Crippen LogP contribution in [0.15, 0.2) is 18.2 Å². The Bertz CT molecular complexity index is 530. The van der Waals surface area contributed by atoms with Crippen molar-refractivity contribution in [3.63, 3.8) is 0 Å². The minimum absolute atomic E-state index is 0.0738. The highest BCUT2D eigenvalue weighted by atomic mass is 16.5. The summed E-state index contributed by atoms with van der Waals surface area (Å²) >= 11 is 0. The normalized spacial score (nSPS) is 10.2. The monoisotopic (exact) mass is 323 g/mol. The van der Waals surface area contributed by atoms with Crippen LogP contribution in [0.2, 0.25) is 0 Å². The predicted molar refractivity (Wildman–Crippen MR) is 87.2 cm³/mol. The lowest BCUT2D eigenvalue weighted by Gasteiger charge is -2.21. The molecule has 0 aliphatic carbocycles. The van der Waals surface area contributed by atoms with E-state index in [1.165, 1.54) is 4.90 Å². The zero-order chi connectivity index (χ0) is 17.2. The Morgan fingerprint density at radius 3 is 2.43 bits per heavy atom. The highest BCUT2D eigenvalue weighted by Crippen LogP contribution is 2.29. The van der Waals surface area contributed by atoms with Crippen LogP contribution in [0.3, 0.4) is 0 Å². The maximum atomic E-state index is 12.5. The van der Waals surface area contributed by atoms with Crippen LogP contribution in [-0.2, 0) is 4.79 Å². The van der Waals surface area contributed by atoms with Crippen molar-refractivity contribution in [3.05, 3.63) is 23.8 Å². The second kappa shape index (κ2) is 9.71. The zero-order valence-corrected chi connectivity index (χ0v) is 14.0. The van der Waals surface area contributed by atoms with Gasteiger partial charge in [0.05, 0.1) is 19.6 Å². The molecule has 0 aromatic heterocycles. The van der Waals surface area contributed by atoms with Crippen LogP contribution in [0.5, 0.6) is 11.5 Å². The van der Waals surface area contributed by atoms with Crippen molar-refractivity contribution in [2.75, 3.05) is 26.3 Å². The van der Waals surface area contributed by atoms with Gasteiger partial charge in [0, 0.05) is 18.7 Å². The number of ether oxygens (including phenoxy) is 2. The first-order valence-electron chi connectivity index (χ1n) is 7.94. The zero-order valence-electron chi connectivity index (χ0n) is 14.0. The van der Waals surface area contributed by atoms with Gasteiger partial charge in [-0.15, -0.1) is 0 Å². The Labute approximate surface area is 137 Å². The second-order valence-corrected chi connectivity index (χ2v) is 4.97. The number of hydrogen-bond donors (Lipinski definition) is 1. The molecule has 0 aliphatic heterocycles. The van der Waals surface area contributed by atoms with Crippen LogP contribution in [0, 0.1) is 0 Å². The summed E-state index contributed by atoms with van der Waals surface area (Å²) in [6.45, 7) is 7.38. The lowest BCUT2D eigenvalue weighted by Crippen LogP contribution is -2.32. The van der Waals surface area contributed by atoms with Gasteiger partial charge in [-0.3, -0.25) is 9.59 Å². The Balaban J connectivity index is 2.94. The van der Waals surface area contributed by atoms with E-state index in [4.69, 9.17) is 14.6 Å². The average molecular weight is 323 g/mol. The maximum absolute atomic E-state index is 12.5. The number of rotatable bonds is 10. The van der Waals surface area contributed by atoms with Crippen LogP contribution in [-0.4, -0.2) is 48.2 Å². The number of amides is 1. The van der Waals surface area contributed by atoms with E-state index in [2.05, 4.69) is 0 Å². The van der Waals surface area contributed by atoms with E-state index in [1.54, 1.807) is 18.2 Å². The molecule has 0 unspecified atom stereocenters. The maximum Gasteiger partial charge on any atom is 0.305 e. The van der Waals surface area contributed by atoms with E-state index < -0.39 is 5.97 Å². The minimum atomic E-state index is -0.922. The summed E-state index contributed by atoms with van der Waals surface area (Å²) in [6.07, 6.45) is 0.806. The molecule has 1 amide bonds. The fraction of sp³-hybridized carbons (Fsp3) is 0.529. The van der Waals surface area contributed by atoms with E-state index in [1.807, 2.05) is 20.8 Å². The van der Waals surface area contributed by atoms with E-state index in [9.17, 15) is 9.59 Å². The first kappa shape index (κ1) is 18.8. The minimum Gasteiger partial charge on any atom is -0.490 e. The summed E-state index contributed by atoms with van der Waals surface area (Å²) in [6, 6.07) is 5.05. The van der Waals surface area contributed by atoms with Gasteiger partial charge in [0.15, 0.2) is 11.5 Å². The molecule has 128 valence electrons. The topological polar surface area (TPSA) is 76.1 Å². The molecule has 0 atom stereocenters. The Morgan fingerprint density at radius 2 is 1.87 bits per heavy atom. The fourth-order valence-corrected chi connectivity index (χ4v) is 2.06. The number of carboxylic acids is 1. The van der Waals surface area contributed by atoms with Gasteiger partial charge in [-0.1, -0.05) is 6.92 Å². The lowest BCUT2D eigenvalue weighted by molar-refractivity contribution is -0.137. The number of benzene rings is 1. The molecule has 0 spiro atoms. The van der Waals surface area contributed by atoms with Gasteiger partial charge < -0.3 is 19.5 Å². The van der Waals surface area contributed by atoms with Crippen LogP contribution in [0.4, 0.5) is 0 Å². The third kappa shape index (κ3) is 5.81. The molecule has 6 heteroatoms. The van der Waals surface area contributed by atoms with Gasteiger partial charge in [-0.05, 0) is 38.5 Å². The predicted octanol–water partition coefficient (Wildman–Crippen LogP) is 2.81. The van der Waals surface area contributed by atoms with Crippen LogP contribution in [0.25, 0.3) is 0 Å². The second-order valence-electron chi connectivity index (χ2n) is 4.97. The number of nitrogens with zero attached hydrogens (tertiary/aromatic N) is 1. The number of carboxylic acid groups (broad SMARTS) is 1.